The van der Waals surface area contributed by atoms with Crippen molar-refractivity contribution < 1.29 is 9.18 Å². The summed E-state index contributed by atoms with van der Waals surface area (Å²) in [7, 11) is 0. The van der Waals surface area contributed by atoms with Crippen molar-refractivity contribution in [3.8, 4) is 0 Å². The first-order valence-corrected chi connectivity index (χ1v) is 8.83. The number of piperazine rings is 1. The normalized spacial score (nSPS) is 17.3. The molecule has 0 unspecified atom stereocenters. The largest absolute Gasteiger partial charge is 0.350 e. The Morgan fingerprint density at radius 3 is 2.48 bits per heavy atom. The Kier molecular flexibility index (Phi) is 6.17. The number of carbonyl (C=O) groups excluding carboxylic acids is 1. The van der Waals surface area contributed by atoms with Crippen LogP contribution in [-0.4, -0.2) is 60.5 Å². The summed E-state index contributed by atoms with van der Waals surface area (Å²) in [6, 6.07) is 4.23. The fourth-order valence-electron chi connectivity index (χ4n) is 2.86. The average Bonchev–Trinajstić information content (AvgIpc) is 2.52. The molecule has 128 valence electrons. The van der Waals surface area contributed by atoms with E-state index < -0.39 is 5.82 Å². The molecule has 0 aromatic heterocycles. The van der Waals surface area contributed by atoms with Gasteiger partial charge < -0.3 is 10.2 Å². The standard InChI is InChI=1S/C17H25BrFN3O/c1-4-21-5-7-22(8-6-21)17(2,3)12-20-16(23)13-9-14(18)11-15(19)10-13/h9-11H,4-8,12H2,1-3H3,(H,20,23). The maximum Gasteiger partial charge on any atom is 0.251 e. The van der Waals surface area contributed by atoms with E-state index in [4.69, 9.17) is 0 Å². The summed E-state index contributed by atoms with van der Waals surface area (Å²) >= 11 is 3.21. The van der Waals surface area contributed by atoms with Crippen LogP contribution in [0, 0.1) is 5.82 Å². The molecule has 1 aliphatic heterocycles. The van der Waals surface area contributed by atoms with Crippen molar-refractivity contribution in [1.29, 1.82) is 0 Å². The predicted octanol–water partition coefficient (Wildman–Crippen LogP) is 2.73. The van der Waals surface area contributed by atoms with Crippen molar-refractivity contribution in [2.24, 2.45) is 0 Å². The smallest absolute Gasteiger partial charge is 0.251 e. The molecule has 0 radical (unpaired) electrons. The summed E-state index contributed by atoms with van der Waals surface area (Å²) in [6.45, 7) is 12.2. The molecule has 1 aliphatic rings. The second-order valence-electron chi connectivity index (χ2n) is 6.57. The van der Waals surface area contributed by atoms with Crippen LogP contribution >= 0.6 is 15.9 Å². The second kappa shape index (κ2) is 7.73. The van der Waals surface area contributed by atoms with Gasteiger partial charge in [0.2, 0.25) is 0 Å². The van der Waals surface area contributed by atoms with Gasteiger partial charge in [-0.2, -0.15) is 0 Å². The number of rotatable bonds is 5. The van der Waals surface area contributed by atoms with Gasteiger partial charge in [-0.1, -0.05) is 22.9 Å². The van der Waals surface area contributed by atoms with E-state index in [1.54, 1.807) is 6.07 Å². The van der Waals surface area contributed by atoms with Crippen molar-refractivity contribution in [1.82, 2.24) is 15.1 Å². The minimum atomic E-state index is -0.417. The first-order chi connectivity index (χ1) is 10.8. The van der Waals surface area contributed by atoms with Crippen LogP contribution in [0.15, 0.2) is 22.7 Å². The number of likely N-dealkylation sites (N-methyl/N-ethyl adjacent to an activating group) is 1. The predicted molar refractivity (Wildman–Crippen MR) is 94.2 cm³/mol. The highest BCUT2D eigenvalue weighted by molar-refractivity contribution is 9.10. The molecule has 0 aliphatic carbocycles. The number of hydrogen-bond donors (Lipinski definition) is 1. The van der Waals surface area contributed by atoms with Crippen molar-refractivity contribution in [2.45, 2.75) is 26.3 Å². The van der Waals surface area contributed by atoms with Crippen LogP contribution in [0.1, 0.15) is 31.1 Å². The van der Waals surface area contributed by atoms with Gasteiger partial charge >= 0.3 is 0 Å². The molecule has 1 heterocycles. The first-order valence-electron chi connectivity index (χ1n) is 8.03. The van der Waals surface area contributed by atoms with E-state index in [0.29, 0.717) is 16.6 Å². The monoisotopic (exact) mass is 385 g/mol. The number of amides is 1. The zero-order valence-corrected chi connectivity index (χ0v) is 15.6. The third-order valence-electron chi connectivity index (χ3n) is 4.48. The van der Waals surface area contributed by atoms with Crippen molar-refractivity contribution in [3.05, 3.63) is 34.1 Å². The molecule has 0 atom stereocenters. The van der Waals surface area contributed by atoms with E-state index >= 15 is 0 Å². The van der Waals surface area contributed by atoms with Crippen LogP contribution in [0.2, 0.25) is 0 Å². The van der Waals surface area contributed by atoms with Gasteiger partial charge in [-0.25, -0.2) is 4.39 Å². The maximum atomic E-state index is 13.4. The highest BCUT2D eigenvalue weighted by Crippen LogP contribution is 2.18. The summed E-state index contributed by atoms with van der Waals surface area (Å²) in [6.07, 6.45) is 0. The van der Waals surface area contributed by atoms with Gasteiger partial charge in [0, 0.05) is 48.3 Å². The van der Waals surface area contributed by atoms with E-state index in [-0.39, 0.29) is 11.4 Å². The van der Waals surface area contributed by atoms with Gasteiger partial charge in [-0.3, -0.25) is 9.69 Å². The fraction of sp³-hybridized carbons (Fsp3) is 0.588. The number of benzene rings is 1. The quantitative estimate of drug-likeness (QED) is 0.846. The van der Waals surface area contributed by atoms with E-state index in [1.807, 2.05) is 0 Å². The van der Waals surface area contributed by atoms with E-state index in [1.165, 1.54) is 12.1 Å². The van der Waals surface area contributed by atoms with E-state index in [2.05, 4.69) is 51.8 Å². The molecular formula is C17H25BrFN3O. The summed E-state index contributed by atoms with van der Waals surface area (Å²) in [4.78, 5) is 17.1. The van der Waals surface area contributed by atoms with Crippen LogP contribution in [0.4, 0.5) is 4.39 Å². The van der Waals surface area contributed by atoms with E-state index in [9.17, 15) is 9.18 Å². The average molecular weight is 386 g/mol. The van der Waals surface area contributed by atoms with Crippen LogP contribution in [0.5, 0.6) is 0 Å². The van der Waals surface area contributed by atoms with Crippen molar-refractivity contribution in [2.75, 3.05) is 39.3 Å². The first kappa shape index (κ1) is 18.4. The third-order valence-corrected chi connectivity index (χ3v) is 4.94. The lowest BCUT2D eigenvalue weighted by Gasteiger charge is -2.44. The molecule has 23 heavy (non-hydrogen) atoms. The van der Waals surface area contributed by atoms with Gasteiger partial charge in [0.15, 0.2) is 0 Å². The van der Waals surface area contributed by atoms with Gasteiger partial charge in [-0.05, 0) is 38.6 Å². The maximum absolute atomic E-state index is 13.4. The number of halogens is 2. The lowest BCUT2D eigenvalue weighted by atomic mass is 10.0. The molecule has 1 amide bonds. The summed E-state index contributed by atoms with van der Waals surface area (Å²) in [5, 5.41) is 2.93. The number of hydrogen-bond acceptors (Lipinski definition) is 3. The Labute approximate surface area is 146 Å². The molecule has 6 heteroatoms. The lowest BCUT2D eigenvalue weighted by molar-refractivity contribution is 0.0521. The van der Waals surface area contributed by atoms with E-state index in [0.717, 1.165) is 32.7 Å². The molecule has 1 N–H and O–H groups in total. The SMILES string of the molecule is CCN1CCN(C(C)(C)CNC(=O)c2cc(F)cc(Br)c2)CC1. The van der Waals surface area contributed by atoms with Crippen LogP contribution in [0.3, 0.4) is 0 Å². The van der Waals surface area contributed by atoms with Crippen molar-refractivity contribution in [3.63, 3.8) is 0 Å². The van der Waals surface area contributed by atoms with Gasteiger partial charge in [0.05, 0.1) is 0 Å². The van der Waals surface area contributed by atoms with Crippen molar-refractivity contribution >= 4 is 21.8 Å². The molecule has 1 saturated heterocycles. The lowest BCUT2D eigenvalue weighted by Crippen LogP contribution is -2.58. The van der Waals surface area contributed by atoms with Crippen LogP contribution in [-0.2, 0) is 0 Å². The van der Waals surface area contributed by atoms with Crippen LogP contribution in [0.25, 0.3) is 0 Å². The molecular weight excluding hydrogens is 361 g/mol. The summed E-state index contributed by atoms with van der Waals surface area (Å²) in [5.41, 5.74) is 0.212. The fourth-order valence-corrected chi connectivity index (χ4v) is 3.33. The molecule has 0 saturated carbocycles. The molecule has 1 aromatic rings. The Balaban J connectivity index is 1.92. The molecule has 2 rings (SSSR count). The Bertz CT molecular complexity index is 537. The number of carbonyl (C=O) groups is 1. The summed E-state index contributed by atoms with van der Waals surface area (Å²) in [5.74, 6) is -0.662. The van der Waals surface area contributed by atoms with Crippen LogP contribution < -0.4 is 5.32 Å². The third kappa shape index (κ3) is 4.99. The van der Waals surface area contributed by atoms with Gasteiger partial charge in [-0.15, -0.1) is 0 Å². The molecule has 4 nitrogen and oxygen atoms in total. The zero-order chi connectivity index (χ0) is 17.0. The number of nitrogens with zero attached hydrogens (tertiary/aromatic N) is 2. The zero-order valence-electron chi connectivity index (χ0n) is 14.0. The number of nitrogens with one attached hydrogen (secondary N) is 1. The minimum Gasteiger partial charge on any atom is -0.350 e. The van der Waals surface area contributed by atoms with Gasteiger partial charge in [0.1, 0.15) is 5.82 Å². The Morgan fingerprint density at radius 2 is 1.91 bits per heavy atom. The second-order valence-corrected chi connectivity index (χ2v) is 7.49. The Hall–Kier alpha value is -0.980. The highest BCUT2D eigenvalue weighted by atomic mass is 79.9. The highest BCUT2D eigenvalue weighted by Gasteiger charge is 2.30. The molecule has 1 aromatic carbocycles. The minimum absolute atomic E-state index is 0.125. The van der Waals surface area contributed by atoms with Gasteiger partial charge in [0.25, 0.3) is 5.91 Å². The molecule has 0 bridgehead atoms. The summed E-state index contributed by atoms with van der Waals surface area (Å²) < 4.78 is 14.0. The topological polar surface area (TPSA) is 35.6 Å². The molecule has 0 spiro atoms. The molecule has 1 fully saturated rings. The Morgan fingerprint density at radius 1 is 1.26 bits per heavy atom.